The average molecular weight is 354 g/mol. The summed E-state index contributed by atoms with van der Waals surface area (Å²) in [4.78, 5) is 0. The lowest BCUT2D eigenvalue weighted by atomic mass is 9.99. The molecule has 0 spiro atoms. The predicted octanol–water partition coefficient (Wildman–Crippen LogP) is 3.85. The van der Waals surface area contributed by atoms with Gasteiger partial charge in [0.2, 0.25) is 0 Å². The number of halogens is 2. The van der Waals surface area contributed by atoms with Crippen molar-refractivity contribution in [2.24, 2.45) is 5.73 Å². The Kier molecular flexibility index (Phi) is 5.20. The van der Waals surface area contributed by atoms with Crippen molar-refractivity contribution in [3.63, 3.8) is 0 Å². The van der Waals surface area contributed by atoms with Crippen molar-refractivity contribution in [1.82, 2.24) is 0 Å². The van der Waals surface area contributed by atoms with Crippen molar-refractivity contribution in [3.8, 4) is 11.5 Å². The van der Waals surface area contributed by atoms with Crippen molar-refractivity contribution in [2.75, 3.05) is 14.2 Å². The molecule has 0 aliphatic carbocycles. The summed E-state index contributed by atoms with van der Waals surface area (Å²) in [5.74, 6) is 0.584. The zero-order valence-electron chi connectivity index (χ0n) is 11.9. The predicted molar refractivity (Wildman–Crippen MR) is 84.3 cm³/mol. The molecule has 0 aliphatic rings. The van der Waals surface area contributed by atoms with E-state index in [4.69, 9.17) is 15.2 Å². The first-order valence-electron chi connectivity index (χ1n) is 6.46. The topological polar surface area (TPSA) is 44.5 Å². The third-order valence-electron chi connectivity index (χ3n) is 3.29. The van der Waals surface area contributed by atoms with Crippen LogP contribution in [0.3, 0.4) is 0 Å². The molecule has 2 aromatic carbocycles. The fourth-order valence-corrected chi connectivity index (χ4v) is 2.58. The van der Waals surface area contributed by atoms with Gasteiger partial charge in [0.25, 0.3) is 0 Å². The highest BCUT2D eigenvalue weighted by Gasteiger charge is 2.13. The van der Waals surface area contributed by atoms with E-state index in [1.54, 1.807) is 19.2 Å². The third kappa shape index (κ3) is 3.74. The number of benzene rings is 2. The van der Waals surface area contributed by atoms with Crippen LogP contribution in [0.1, 0.15) is 17.2 Å². The Morgan fingerprint density at radius 1 is 1.10 bits per heavy atom. The minimum absolute atomic E-state index is 0.198. The van der Waals surface area contributed by atoms with Crippen LogP contribution in [-0.2, 0) is 6.42 Å². The molecule has 1 atom stereocenters. The van der Waals surface area contributed by atoms with E-state index < -0.39 is 5.82 Å². The van der Waals surface area contributed by atoms with Crippen LogP contribution in [0.4, 0.5) is 4.39 Å². The smallest absolute Gasteiger partial charge is 0.165 e. The van der Waals surface area contributed by atoms with E-state index in [-0.39, 0.29) is 11.8 Å². The second kappa shape index (κ2) is 6.91. The highest BCUT2D eigenvalue weighted by atomic mass is 79.9. The molecule has 0 amide bonds. The second-order valence-electron chi connectivity index (χ2n) is 4.66. The van der Waals surface area contributed by atoms with Crippen LogP contribution in [0.2, 0.25) is 0 Å². The molecule has 5 heteroatoms. The highest BCUT2D eigenvalue weighted by Crippen LogP contribution is 2.28. The fraction of sp³-hybridized carbons (Fsp3) is 0.250. The molecule has 0 aliphatic heterocycles. The maximum Gasteiger partial charge on any atom is 0.165 e. The lowest BCUT2D eigenvalue weighted by Gasteiger charge is -2.16. The minimum Gasteiger partial charge on any atom is -0.496 e. The molecule has 2 N–H and O–H groups in total. The molecule has 0 bridgehead atoms. The molecule has 0 radical (unpaired) electrons. The van der Waals surface area contributed by atoms with Gasteiger partial charge in [-0.2, -0.15) is 0 Å². The Morgan fingerprint density at radius 2 is 1.81 bits per heavy atom. The summed E-state index contributed by atoms with van der Waals surface area (Å²) in [7, 11) is 3.06. The number of methoxy groups -OCH3 is 2. The number of rotatable bonds is 5. The SMILES string of the molecule is COc1cc(C(N)Cc2cc(Br)ccc2OC)ccc1F. The Balaban J connectivity index is 2.25. The molecule has 0 aromatic heterocycles. The maximum atomic E-state index is 13.4. The van der Waals surface area contributed by atoms with Gasteiger partial charge in [0, 0.05) is 10.5 Å². The summed E-state index contributed by atoms with van der Waals surface area (Å²) in [5, 5.41) is 0. The molecule has 112 valence electrons. The van der Waals surface area contributed by atoms with Crippen molar-refractivity contribution in [1.29, 1.82) is 0 Å². The Labute approximate surface area is 132 Å². The number of nitrogens with two attached hydrogens (primary N) is 1. The maximum absolute atomic E-state index is 13.4. The number of ether oxygens (including phenoxy) is 2. The van der Waals surface area contributed by atoms with Crippen molar-refractivity contribution < 1.29 is 13.9 Å². The highest BCUT2D eigenvalue weighted by molar-refractivity contribution is 9.10. The summed E-state index contributed by atoms with van der Waals surface area (Å²) < 4.78 is 24.7. The van der Waals surface area contributed by atoms with E-state index in [1.165, 1.54) is 13.2 Å². The Hall–Kier alpha value is -1.59. The van der Waals surface area contributed by atoms with Gasteiger partial charge in [-0.15, -0.1) is 0 Å². The van der Waals surface area contributed by atoms with Gasteiger partial charge >= 0.3 is 0 Å². The first-order chi connectivity index (χ1) is 10.0. The molecule has 0 fully saturated rings. The molecular formula is C16H17BrFNO2. The summed E-state index contributed by atoms with van der Waals surface area (Å²) in [6, 6.07) is 10.2. The van der Waals surface area contributed by atoms with Gasteiger partial charge in [-0.3, -0.25) is 0 Å². The van der Waals surface area contributed by atoms with Crippen LogP contribution in [-0.4, -0.2) is 14.2 Å². The van der Waals surface area contributed by atoms with Crippen LogP contribution in [0, 0.1) is 5.82 Å². The molecule has 0 saturated carbocycles. The average Bonchev–Trinajstić information content (AvgIpc) is 2.48. The standard InChI is InChI=1S/C16H17BrFNO2/c1-20-15-6-4-12(17)7-11(15)8-14(19)10-3-5-13(18)16(9-10)21-2/h3-7,9,14H,8,19H2,1-2H3. The lowest BCUT2D eigenvalue weighted by Crippen LogP contribution is -2.14. The van der Waals surface area contributed by atoms with E-state index in [2.05, 4.69) is 15.9 Å². The molecule has 3 nitrogen and oxygen atoms in total. The lowest BCUT2D eigenvalue weighted by molar-refractivity contribution is 0.385. The molecule has 0 saturated heterocycles. The van der Waals surface area contributed by atoms with Gasteiger partial charge in [-0.05, 0) is 47.9 Å². The first kappa shape index (κ1) is 15.8. The minimum atomic E-state index is -0.395. The molecule has 21 heavy (non-hydrogen) atoms. The van der Waals surface area contributed by atoms with E-state index >= 15 is 0 Å². The van der Waals surface area contributed by atoms with E-state index in [9.17, 15) is 4.39 Å². The van der Waals surface area contributed by atoms with Crippen molar-refractivity contribution in [2.45, 2.75) is 12.5 Å². The van der Waals surface area contributed by atoms with Gasteiger partial charge in [0.05, 0.1) is 14.2 Å². The quantitative estimate of drug-likeness (QED) is 0.887. The van der Waals surface area contributed by atoms with Crippen LogP contribution in [0.5, 0.6) is 11.5 Å². The van der Waals surface area contributed by atoms with Gasteiger partial charge in [0.15, 0.2) is 11.6 Å². The van der Waals surface area contributed by atoms with Crippen molar-refractivity contribution >= 4 is 15.9 Å². The Morgan fingerprint density at radius 3 is 2.48 bits per heavy atom. The third-order valence-corrected chi connectivity index (χ3v) is 3.78. The normalized spacial score (nSPS) is 12.0. The summed E-state index contributed by atoms with van der Waals surface area (Å²) >= 11 is 3.44. The van der Waals surface area contributed by atoms with E-state index in [0.717, 1.165) is 21.3 Å². The van der Waals surface area contributed by atoms with Crippen LogP contribution < -0.4 is 15.2 Å². The second-order valence-corrected chi connectivity index (χ2v) is 5.58. The number of hydrogen-bond donors (Lipinski definition) is 1. The first-order valence-corrected chi connectivity index (χ1v) is 7.26. The summed E-state index contributed by atoms with van der Waals surface area (Å²) in [5.41, 5.74) is 8.03. The van der Waals surface area contributed by atoms with Crippen LogP contribution in [0.15, 0.2) is 40.9 Å². The van der Waals surface area contributed by atoms with Gasteiger partial charge < -0.3 is 15.2 Å². The van der Waals surface area contributed by atoms with E-state index in [0.29, 0.717) is 6.42 Å². The molecule has 0 heterocycles. The van der Waals surface area contributed by atoms with Gasteiger partial charge in [0.1, 0.15) is 5.75 Å². The monoisotopic (exact) mass is 353 g/mol. The van der Waals surface area contributed by atoms with Gasteiger partial charge in [-0.25, -0.2) is 4.39 Å². The van der Waals surface area contributed by atoms with Gasteiger partial charge in [-0.1, -0.05) is 22.0 Å². The zero-order valence-corrected chi connectivity index (χ0v) is 13.5. The fourth-order valence-electron chi connectivity index (χ4n) is 2.17. The molecule has 2 aromatic rings. The molecular weight excluding hydrogens is 337 g/mol. The Bertz CT molecular complexity index is 634. The summed E-state index contributed by atoms with van der Waals surface area (Å²) in [6.45, 7) is 0. The van der Waals surface area contributed by atoms with E-state index in [1.807, 2.05) is 18.2 Å². The van der Waals surface area contributed by atoms with Crippen LogP contribution >= 0.6 is 15.9 Å². The summed E-state index contributed by atoms with van der Waals surface area (Å²) in [6.07, 6.45) is 0.581. The van der Waals surface area contributed by atoms with Crippen molar-refractivity contribution in [3.05, 3.63) is 57.8 Å². The molecule has 2 rings (SSSR count). The zero-order chi connectivity index (χ0) is 15.4. The molecule has 1 unspecified atom stereocenters. The number of hydrogen-bond acceptors (Lipinski definition) is 3. The van der Waals surface area contributed by atoms with Crippen LogP contribution in [0.25, 0.3) is 0 Å². The largest absolute Gasteiger partial charge is 0.496 e.